The van der Waals surface area contributed by atoms with Gasteiger partial charge in [-0.1, -0.05) is 0 Å². The van der Waals surface area contributed by atoms with E-state index < -0.39 is 14.9 Å². The van der Waals surface area contributed by atoms with Crippen LogP contribution in [0.3, 0.4) is 0 Å². The Balaban J connectivity index is 2.07. The number of nitrogens with one attached hydrogen (secondary N) is 2. The van der Waals surface area contributed by atoms with Gasteiger partial charge in [0.15, 0.2) is 0 Å². The Morgan fingerprint density at radius 3 is 2.62 bits per heavy atom. The topological polar surface area (TPSA) is 101 Å². The lowest BCUT2D eigenvalue weighted by Crippen LogP contribution is -2.33. The summed E-state index contributed by atoms with van der Waals surface area (Å²) < 4.78 is 27.1. The molecule has 1 aliphatic heterocycles. The Hall–Kier alpha value is -1.19. The van der Waals surface area contributed by atoms with Crippen LogP contribution in [0.1, 0.15) is 12.8 Å². The average molecular weight is 378 g/mol. The first-order valence-corrected chi connectivity index (χ1v) is 8.97. The van der Waals surface area contributed by atoms with E-state index in [4.69, 9.17) is 0 Å². The van der Waals surface area contributed by atoms with Crippen molar-refractivity contribution in [2.45, 2.75) is 12.8 Å². The highest BCUT2D eigenvalue weighted by atomic mass is 79.9. The molecule has 21 heavy (non-hydrogen) atoms. The molecule has 7 nitrogen and oxygen atoms in total. The van der Waals surface area contributed by atoms with Crippen LogP contribution in [0.25, 0.3) is 0 Å². The zero-order chi connectivity index (χ0) is 15.5. The van der Waals surface area contributed by atoms with Crippen LogP contribution in [0, 0.1) is 16.0 Å². The number of rotatable bonds is 5. The minimum absolute atomic E-state index is 0.0676. The first kappa shape index (κ1) is 16.2. The van der Waals surface area contributed by atoms with Crippen LogP contribution in [-0.4, -0.2) is 32.2 Å². The van der Waals surface area contributed by atoms with Gasteiger partial charge in [0.2, 0.25) is 10.0 Å². The van der Waals surface area contributed by atoms with Crippen molar-refractivity contribution in [2.24, 2.45) is 5.92 Å². The number of non-ortho nitro benzene ring substituents is 1. The number of piperidine rings is 1. The van der Waals surface area contributed by atoms with Gasteiger partial charge in [-0.05, 0) is 53.8 Å². The summed E-state index contributed by atoms with van der Waals surface area (Å²) in [6.45, 7) is 1.67. The summed E-state index contributed by atoms with van der Waals surface area (Å²) in [4.78, 5) is 10.1. The largest absolute Gasteiger partial charge is 0.317 e. The number of nitro benzene ring substituents is 1. The molecule has 0 aromatic heterocycles. The number of nitrogens with zero attached hydrogens (tertiary/aromatic N) is 1. The van der Waals surface area contributed by atoms with Gasteiger partial charge in [-0.3, -0.25) is 14.8 Å². The molecule has 0 spiro atoms. The van der Waals surface area contributed by atoms with Gasteiger partial charge in [0.1, 0.15) is 0 Å². The van der Waals surface area contributed by atoms with E-state index in [1.54, 1.807) is 0 Å². The van der Waals surface area contributed by atoms with Crippen molar-refractivity contribution >= 4 is 37.3 Å². The molecule has 1 fully saturated rings. The summed E-state index contributed by atoms with van der Waals surface area (Å²) in [5.41, 5.74) is 0.220. The van der Waals surface area contributed by atoms with Gasteiger partial charge in [0.25, 0.3) is 5.69 Å². The Morgan fingerprint density at radius 1 is 1.38 bits per heavy atom. The molecular formula is C12H16BrN3O4S. The van der Waals surface area contributed by atoms with Crippen LogP contribution in [0.4, 0.5) is 11.4 Å². The van der Waals surface area contributed by atoms with Gasteiger partial charge < -0.3 is 5.32 Å². The molecule has 0 saturated carbocycles. The van der Waals surface area contributed by atoms with Crippen molar-refractivity contribution in [1.82, 2.24) is 5.32 Å². The monoisotopic (exact) mass is 377 g/mol. The van der Waals surface area contributed by atoms with Crippen molar-refractivity contribution in [3.63, 3.8) is 0 Å². The normalized spacial score (nSPS) is 16.6. The van der Waals surface area contributed by atoms with Gasteiger partial charge in [-0.2, -0.15) is 0 Å². The number of halogens is 1. The van der Waals surface area contributed by atoms with Crippen molar-refractivity contribution in [3.05, 3.63) is 32.8 Å². The quantitative estimate of drug-likeness (QED) is 0.604. The van der Waals surface area contributed by atoms with Crippen LogP contribution in [-0.2, 0) is 10.0 Å². The maximum absolute atomic E-state index is 12.2. The summed E-state index contributed by atoms with van der Waals surface area (Å²) in [5, 5.41) is 13.8. The van der Waals surface area contributed by atoms with Crippen LogP contribution in [0.5, 0.6) is 0 Å². The molecule has 0 amide bonds. The van der Waals surface area contributed by atoms with Crippen molar-refractivity contribution in [3.8, 4) is 0 Å². The molecule has 2 rings (SSSR count). The van der Waals surface area contributed by atoms with Crippen LogP contribution in [0.2, 0.25) is 0 Å². The van der Waals surface area contributed by atoms with Crippen molar-refractivity contribution < 1.29 is 13.3 Å². The highest BCUT2D eigenvalue weighted by Crippen LogP contribution is 2.28. The number of sulfonamides is 1. The van der Waals surface area contributed by atoms with Gasteiger partial charge in [0.05, 0.1) is 16.4 Å². The third kappa shape index (κ3) is 4.65. The second-order valence-corrected chi connectivity index (χ2v) is 7.62. The molecule has 1 aliphatic rings. The fourth-order valence-corrected chi connectivity index (χ4v) is 4.42. The van der Waals surface area contributed by atoms with E-state index in [9.17, 15) is 18.5 Å². The second kappa shape index (κ2) is 6.71. The van der Waals surface area contributed by atoms with Crippen molar-refractivity contribution in [2.75, 3.05) is 23.6 Å². The molecule has 0 unspecified atom stereocenters. The van der Waals surface area contributed by atoms with Gasteiger partial charge in [-0.25, -0.2) is 8.42 Å². The maximum Gasteiger partial charge on any atom is 0.270 e. The fourth-order valence-electron chi connectivity index (χ4n) is 2.27. The Kier molecular flexibility index (Phi) is 5.17. The number of hydrogen-bond donors (Lipinski definition) is 2. The van der Waals surface area contributed by atoms with E-state index in [1.807, 2.05) is 0 Å². The van der Waals surface area contributed by atoms with E-state index in [1.165, 1.54) is 18.2 Å². The molecule has 0 bridgehead atoms. The molecule has 0 aliphatic carbocycles. The van der Waals surface area contributed by atoms with Crippen molar-refractivity contribution in [1.29, 1.82) is 0 Å². The van der Waals surface area contributed by atoms with E-state index in [0.717, 1.165) is 25.9 Å². The summed E-state index contributed by atoms with van der Waals surface area (Å²) in [6.07, 6.45) is 1.67. The Bertz CT molecular complexity index is 629. The summed E-state index contributed by atoms with van der Waals surface area (Å²) in [5.74, 6) is 0.207. The molecule has 0 atom stereocenters. The molecule has 0 radical (unpaired) electrons. The number of hydrogen-bond acceptors (Lipinski definition) is 5. The lowest BCUT2D eigenvalue weighted by Gasteiger charge is -2.22. The number of nitro groups is 1. The zero-order valence-electron chi connectivity index (χ0n) is 11.2. The molecule has 1 aromatic rings. The molecule has 116 valence electrons. The standard InChI is InChI=1S/C12H16BrN3O4S/c13-11-7-10(16(17)18)1-2-12(11)15-21(19,20)8-9-3-5-14-6-4-9/h1-2,7,9,14-15H,3-6,8H2. The van der Waals surface area contributed by atoms with E-state index in [2.05, 4.69) is 26.0 Å². The molecule has 1 saturated heterocycles. The Labute approximate surface area is 131 Å². The highest BCUT2D eigenvalue weighted by molar-refractivity contribution is 9.10. The van der Waals surface area contributed by atoms with E-state index in [-0.39, 0.29) is 17.4 Å². The SMILES string of the molecule is O=[N+]([O-])c1ccc(NS(=O)(=O)CC2CCNCC2)c(Br)c1. The number of anilines is 1. The summed E-state index contributed by atoms with van der Waals surface area (Å²) in [7, 11) is -3.47. The summed E-state index contributed by atoms with van der Waals surface area (Å²) in [6, 6.07) is 3.94. The first-order valence-electron chi connectivity index (χ1n) is 6.52. The Morgan fingerprint density at radius 2 is 2.05 bits per heavy atom. The summed E-state index contributed by atoms with van der Waals surface area (Å²) >= 11 is 3.15. The third-order valence-corrected chi connectivity index (χ3v) is 5.44. The predicted octanol–water partition coefficient (Wildman–Crippen LogP) is 2.10. The molecule has 9 heteroatoms. The highest BCUT2D eigenvalue weighted by Gasteiger charge is 2.22. The maximum atomic E-state index is 12.2. The van der Waals surface area contributed by atoms with E-state index in [0.29, 0.717) is 10.2 Å². The smallest absolute Gasteiger partial charge is 0.270 e. The van der Waals surface area contributed by atoms with Gasteiger partial charge in [-0.15, -0.1) is 0 Å². The predicted molar refractivity (Wildman–Crippen MR) is 83.8 cm³/mol. The minimum atomic E-state index is -3.47. The molecule has 1 aromatic carbocycles. The zero-order valence-corrected chi connectivity index (χ0v) is 13.6. The fraction of sp³-hybridized carbons (Fsp3) is 0.500. The lowest BCUT2D eigenvalue weighted by atomic mass is 10.0. The molecular weight excluding hydrogens is 362 g/mol. The molecule has 2 N–H and O–H groups in total. The van der Waals surface area contributed by atoms with Crippen LogP contribution >= 0.6 is 15.9 Å². The first-order chi connectivity index (χ1) is 9.87. The second-order valence-electron chi connectivity index (χ2n) is 5.00. The lowest BCUT2D eigenvalue weighted by molar-refractivity contribution is -0.384. The number of benzene rings is 1. The van der Waals surface area contributed by atoms with Crippen LogP contribution in [0.15, 0.2) is 22.7 Å². The van der Waals surface area contributed by atoms with E-state index >= 15 is 0 Å². The van der Waals surface area contributed by atoms with Gasteiger partial charge >= 0.3 is 0 Å². The average Bonchev–Trinajstić information content (AvgIpc) is 2.41. The molecule has 1 heterocycles. The third-order valence-electron chi connectivity index (χ3n) is 3.34. The van der Waals surface area contributed by atoms with Crippen LogP contribution < -0.4 is 10.0 Å². The van der Waals surface area contributed by atoms with Gasteiger partial charge in [0, 0.05) is 16.6 Å². The minimum Gasteiger partial charge on any atom is -0.317 e.